The number of nitrogens with one attached hydrogen (secondary N) is 1. The third-order valence-electron chi connectivity index (χ3n) is 3.78. The summed E-state index contributed by atoms with van der Waals surface area (Å²) in [6, 6.07) is 0. The first-order valence-electron chi connectivity index (χ1n) is 6.47. The van der Waals surface area contributed by atoms with Gasteiger partial charge in [-0.25, -0.2) is 0 Å². The Balaban J connectivity index is 1.94. The van der Waals surface area contributed by atoms with Crippen molar-refractivity contribution in [1.82, 2.24) is 9.55 Å². The number of rotatable bonds is 4. The predicted octanol–water partition coefficient (Wildman–Crippen LogP) is 2.57. The Morgan fingerprint density at radius 2 is 2.17 bits per heavy atom. The molecule has 0 amide bonds. The summed E-state index contributed by atoms with van der Waals surface area (Å²) < 4.78 is 1.67. The number of hydrogen-bond donors (Lipinski definition) is 1. The second-order valence-corrected chi connectivity index (χ2v) is 5.29. The van der Waals surface area contributed by atoms with Crippen LogP contribution in [-0.4, -0.2) is 21.0 Å². The van der Waals surface area contributed by atoms with Crippen molar-refractivity contribution in [2.75, 3.05) is 11.9 Å². The van der Waals surface area contributed by atoms with Gasteiger partial charge >= 0.3 is 5.82 Å². The zero-order valence-corrected chi connectivity index (χ0v) is 10.9. The molecule has 1 aromatic rings. The van der Waals surface area contributed by atoms with Crippen LogP contribution in [-0.2, 0) is 7.05 Å². The topological polar surface area (TPSA) is 73.0 Å². The SMILES string of the molecule is CC1CCC(CNc2c([N+](=O)[O-])ncn2C)CC1. The van der Waals surface area contributed by atoms with Crippen LogP contribution in [0.4, 0.5) is 11.6 Å². The molecule has 0 spiro atoms. The van der Waals surface area contributed by atoms with E-state index >= 15 is 0 Å². The zero-order chi connectivity index (χ0) is 13.1. The van der Waals surface area contributed by atoms with E-state index in [4.69, 9.17) is 0 Å². The first-order valence-corrected chi connectivity index (χ1v) is 6.47. The normalized spacial score (nSPS) is 23.9. The van der Waals surface area contributed by atoms with E-state index < -0.39 is 4.92 Å². The summed E-state index contributed by atoms with van der Waals surface area (Å²) in [5.74, 6) is 1.88. The molecule has 1 aromatic heterocycles. The lowest BCUT2D eigenvalue weighted by Gasteiger charge is -2.26. The van der Waals surface area contributed by atoms with Gasteiger partial charge in [-0.3, -0.25) is 4.57 Å². The van der Waals surface area contributed by atoms with E-state index in [0.29, 0.717) is 11.7 Å². The van der Waals surface area contributed by atoms with Crippen LogP contribution in [0, 0.1) is 22.0 Å². The third-order valence-corrected chi connectivity index (χ3v) is 3.78. The average Bonchev–Trinajstić information content (AvgIpc) is 2.70. The van der Waals surface area contributed by atoms with Gasteiger partial charge in [0.15, 0.2) is 0 Å². The molecule has 1 fully saturated rings. The largest absolute Gasteiger partial charge is 0.406 e. The Labute approximate surface area is 107 Å². The number of aryl methyl sites for hydroxylation is 1. The van der Waals surface area contributed by atoms with Crippen molar-refractivity contribution in [3.8, 4) is 0 Å². The number of imidazole rings is 1. The van der Waals surface area contributed by atoms with Gasteiger partial charge in [0, 0.05) is 13.6 Å². The van der Waals surface area contributed by atoms with Gasteiger partial charge in [0.05, 0.1) is 0 Å². The molecule has 0 radical (unpaired) electrons. The molecule has 0 atom stereocenters. The molecule has 0 aromatic carbocycles. The van der Waals surface area contributed by atoms with Crippen molar-refractivity contribution in [2.45, 2.75) is 32.6 Å². The number of hydrogen-bond acceptors (Lipinski definition) is 4. The van der Waals surface area contributed by atoms with Gasteiger partial charge in [-0.15, -0.1) is 0 Å². The molecule has 6 nitrogen and oxygen atoms in total. The van der Waals surface area contributed by atoms with Crippen LogP contribution in [0.2, 0.25) is 0 Å². The molecule has 1 heterocycles. The molecule has 1 aliphatic rings. The van der Waals surface area contributed by atoms with E-state index in [0.717, 1.165) is 12.5 Å². The van der Waals surface area contributed by atoms with Gasteiger partial charge in [-0.05, 0) is 34.6 Å². The van der Waals surface area contributed by atoms with Crippen LogP contribution in [0.5, 0.6) is 0 Å². The molecule has 1 N–H and O–H groups in total. The van der Waals surface area contributed by atoms with Crippen LogP contribution in [0.1, 0.15) is 32.6 Å². The first kappa shape index (κ1) is 12.9. The maximum Gasteiger partial charge on any atom is 0.406 e. The zero-order valence-electron chi connectivity index (χ0n) is 10.9. The van der Waals surface area contributed by atoms with Gasteiger partial charge < -0.3 is 15.4 Å². The number of nitro groups is 1. The Morgan fingerprint density at radius 1 is 1.50 bits per heavy atom. The smallest absolute Gasteiger partial charge is 0.364 e. The van der Waals surface area contributed by atoms with E-state index in [2.05, 4.69) is 17.2 Å². The van der Waals surface area contributed by atoms with E-state index in [1.807, 2.05) is 0 Å². The highest BCUT2D eigenvalue weighted by Crippen LogP contribution is 2.29. The average molecular weight is 252 g/mol. The number of nitrogens with zero attached hydrogens (tertiary/aromatic N) is 3. The Bertz CT molecular complexity index is 422. The fourth-order valence-electron chi connectivity index (χ4n) is 2.53. The van der Waals surface area contributed by atoms with Crippen molar-refractivity contribution in [3.63, 3.8) is 0 Å². The molecule has 0 unspecified atom stereocenters. The monoisotopic (exact) mass is 252 g/mol. The minimum atomic E-state index is -0.439. The van der Waals surface area contributed by atoms with Gasteiger partial charge in [0.1, 0.15) is 0 Å². The second-order valence-electron chi connectivity index (χ2n) is 5.29. The molecule has 6 heteroatoms. The molecular formula is C12H20N4O2. The lowest BCUT2D eigenvalue weighted by atomic mass is 9.83. The van der Waals surface area contributed by atoms with Crippen molar-refractivity contribution in [1.29, 1.82) is 0 Å². The highest BCUT2D eigenvalue weighted by molar-refractivity contribution is 5.51. The Kier molecular flexibility index (Phi) is 3.84. The summed E-state index contributed by atoms with van der Waals surface area (Å²) in [6.07, 6.45) is 6.42. The molecule has 100 valence electrons. The van der Waals surface area contributed by atoms with Crippen LogP contribution in [0.25, 0.3) is 0 Å². The van der Waals surface area contributed by atoms with Gasteiger partial charge in [0.25, 0.3) is 0 Å². The lowest BCUT2D eigenvalue weighted by molar-refractivity contribution is -0.388. The van der Waals surface area contributed by atoms with Crippen molar-refractivity contribution in [2.24, 2.45) is 18.9 Å². The van der Waals surface area contributed by atoms with Crippen molar-refractivity contribution < 1.29 is 4.92 Å². The predicted molar refractivity (Wildman–Crippen MR) is 69.5 cm³/mol. The van der Waals surface area contributed by atoms with E-state index in [9.17, 15) is 10.1 Å². The Hall–Kier alpha value is -1.59. The summed E-state index contributed by atoms with van der Waals surface area (Å²) in [7, 11) is 1.77. The standard InChI is InChI=1S/C12H20N4O2/c1-9-3-5-10(6-4-9)7-13-11-12(16(17)18)14-8-15(11)2/h8-10,13H,3-7H2,1-2H3. The molecule has 18 heavy (non-hydrogen) atoms. The Morgan fingerprint density at radius 3 is 2.78 bits per heavy atom. The van der Waals surface area contributed by atoms with Gasteiger partial charge in [0.2, 0.25) is 12.1 Å². The van der Waals surface area contributed by atoms with Crippen LogP contribution < -0.4 is 5.32 Å². The van der Waals surface area contributed by atoms with Crippen LogP contribution in [0.15, 0.2) is 6.33 Å². The highest BCUT2D eigenvalue weighted by atomic mass is 16.6. The maximum absolute atomic E-state index is 10.8. The number of anilines is 1. The molecule has 0 aliphatic heterocycles. The summed E-state index contributed by atoms with van der Waals surface area (Å²) in [6.45, 7) is 3.09. The molecule has 1 aliphatic carbocycles. The van der Waals surface area contributed by atoms with E-state index in [1.54, 1.807) is 11.6 Å². The van der Waals surface area contributed by atoms with Crippen LogP contribution >= 0.6 is 0 Å². The minimum absolute atomic E-state index is 0.0818. The summed E-state index contributed by atoms with van der Waals surface area (Å²) in [5.41, 5.74) is 0. The fraction of sp³-hybridized carbons (Fsp3) is 0.750. The van der Waals surface area contributed by atoms with E-state index in [1.165, 1.54) is 32.0 Å². The second kappa shape index (κ2) is 5.37. The summed E-state index contributed by atoms with van der Waals surface area (Å²) in [4.78, 5) is 14.2. The van der Waals surface area contributed by atoms with Crippen LogP contribution in [0.3, 0.4) is 0 Å². The lowest BCUT2D eigenvalue weighted by Crippen LogP contribution is -2.21. The molecular weight excluding hydrogens is 232 g/mol. The van der Waals surface area contributed by atoms with Gasteiger partial charge in [-0.2, -0.15) is 0 Å². The number of aromatic nitrogens is 2. The molecule has 1 saturated carbocycles. The summed E-state index contributed by atoms with van der Waals surface area (Å²) in [5, 5.41) is 14.0. The fourth-order valence-corrected chi connectivity index (χ4v) is 2.53. The molecule has 0 bridgehead atoms. The van der Waals surface area contributed by atoms with Crippen molar-refractivity contribution >= 4 is 11.6 Å². The van der Waals surface area contributed by atoms with Crippen molar-refractivity contribution in [3.05, 3.63) is 16.4 Å². The van der Waals surface area contributed by atoms with Gasteiger partial charge in [-0.1, -0.05) is 19.8 Å². The van der Waals surface area contributed by atoms with E-state index in [-0.39, 0.29) is 5.82 Å². The maximum atomic E-state index is 10.8. The molecule has 2 rings (SSSR count). The quantitative estimate of drug-likeness (QED) is 0.660. The first-order chi connectivity index (χ1) is 8.58. The minimum Gasteiger partial charge on any atom is -0.364 e. The summed E-state index contributed by atoms with van der Waals surface area (Å²) >= 11 is 0. The molecule has 0 saturated heterocycles. The third kappa shape index (κ3) is 2.80. The highest BCUT2D eigenvalue weighted by Gasteiger charge is 2.22.